The summed E-state index contributed by atoms with van der Waals surface area (Å²) in [5.41, 5.74) is 6.84. The van der Waals surface area contributed by atoms with Crippen LogP contribution in [0.25, 0.3) is 22.3 Å². The van der Waals surface area contributed by atoms with Crippen LogP contribution in [0.2, 0.25) is 0 Å². The Morgan fingerprint density at radius 2 is 2.14 bits per heavy atom. The topological polar surface area (TPSA) is 105 Å². The van der Waals surface area contributed by atoms with E-state index in [4.69, 9.17) is 15.5 Å². The number of aromatic nitrogens is 4. The van der Waals surface area contributed by atoms with Crippen LogP contribution in [-0.2, 0) is 0 Å². The average molecular weight is 511 g/mol. The van der Waals surface area contributed by atoms with Gasteiger partial charge in [-0.1, -0.05) is 6.07 Å². The quantitative estimate of drug-likeness (QED) is 0.518. The van der Waals surface area contributed by atoms with Gasteiger partial charge in [0.25, 0.3) is 0 Å². The zero-order chi connectivity index (χ0) is 25.7. The predicted octanol–water partition coefficient (Wildman–Crippen LogP) is 2.87. The molecule has 3 fully saturated rings. The van der Waals surface area contributed by atoms with E-state index in [-0.39, 0.29) is 41.2 Å². The minimum absolute atomic E-state index is 0.0784. The predicted molar refractivity (Wildman–Crippen MR) is 138 cm³/mol. The van der Waals surface area contributed by atoms with Gasteiger partial charge in [0.15, 0.2) is 5.82 Å². The Balaban J connectivity index is 1.43. The van der Waals surface area contributed by atoms with E-state index in [1.165, 1.54) is 0 Å². The Morgan fingerprint density at radius 1 is 1.27 bits per heavy atom. The van der Waals surface area contributed by atoms with E-state index in [1.54, 1.807) is 18.3 Å². The van der Waals surface area contributed by atoms with Crippen molar-refractivity contribution in [2.24, 2.45) is 0 Å². The number of alkyl halides is 1. The number of anilines is 2. The summed E-state index contributed by atoms with van der Waals surface area (Å²) in [5, 5.41) is 3.86. The largest absolute Gasteiger partial charge is 0.461 e. The molecule has 0 bridgehead atoms. The molecule has 3 atom stereocenters. The van der Waals surface area contributed by atoms with Crippen LogP contribution in [0.3, 0.4) is 0 Å². The lowest BCUT2D eigenvalue weighted by molar-refractivity contribution is 0.107. The summed E-state index contributed by atoms with van der Waals surface area (Å²) in [5.74, 6) is 0.237. The Morgan fingerprint density at radius 3 is 2.95 bits per heavy atom. The van der Waals surface area contributed by atoms with Crippen LogP contribution in [0.1, 0.15) is 31.2 Å². The maximum absolute atomic E-state index is 16.1. The minimum atomic E-state index is -0.863. The van der Waals surface area contributed by atoms with Gasteiger partial charge in [0.2, 0.25) is 0 Å². The molecule has 196 valence electrons. The molecule has 3 aromatic rings. The van der Waals surface area contributed by atoms with E-state index in [2.05, 4.69) is 25.2 Å². The van der Waals surface area contributed by atoms with Crippen molar-refractivity contribution in [1.29, 1.82) is 0 Å². The van der Waals surface area contributed by atoms with Crippen LogP contribution < -0.4 is 20.7 Å². The summed E-state index contributed by atoms with van der Waals surface area (Å²) in [7, 11) is 1.95. The number of nitrogens with one attached hydrogen (secondary N) is 1. The molecule has 3 aliphatic heterocycles. The summed E-state index contributed by atoms with van der Waals surface area (Å²) < 4.78 is 36.5. The highest BCUT2D eigenvalue weighted by Crippen LogP contribution is 2.40. The molecule has 3 aromatic heterocycles. The third-order valence-electron chi connectivity index (χ3n) is 8.13. The van der Waals surface area contributed by atoms with E-state index in [1.807, 2.05) is 18.9 Å². The van der Waals surface area contributed by atoms with Crippen LogP contribution in [0.4, 0.5) is 20.4 Å². The second kappa shape index (κ2) is 9.29. The van der Waals surface area contributed by atoms with Gasteiger partial charge in [-0.2, -0.15) is 9.97 Å². The van der Waals surface area contributed by atoms with Crippen molar-refractivity contribution in [2.45, 2.75) is 50.4 Å². The second-order valence-electron chi connectivity index (χ2n) is 10.5. The van der Waals surface area contributed by atoms with Gasteiger partial charge in [0.05, 0.1) is 16.6 Å². The standard InChI is InChI=1S/C26H32F2N8O/c1-15-4-5-19(29)32-21(15)23-20(28)22-18(12-31-23)24(35(2)17-6-8-30-11-17)34-25(33-22)37-14-26-7-3-9-36(26)13-16(27)10-26/h4-5,12,16-17,30H,3,6-11,13-14H2,1-2H3,(H2,29,32)/t16-,17-,26+/m1/s1. The molecule has 0 aromatic carbocycles. The number of halogens is 2. The smallest absolute Gasteiger partial charge is 0.319 e. The minimum Gasteiger partial charge on any atom is -0.461 e. The second-order valence-corrected chi connectivity index (χ2v) is 10.5. The number of aryl methyl sites for hydroxylation is 1. The Bertz CT molecular complexity index is 1330. The number of hydrogen-bond donors (Lipinski definition) is 2. The molecule has 3 aliphatic rings. The van der Waals surface area contributed by atoms with Gasteiger partial charge in [0, 0.05) is 38.8 Å². The van der Waals surface area contributed by atoms with Gasteiger partial charge in [-0.05, 0) is 50.9 Å². The fourth-order valence-corrected chi connectivity index (χ4v) is 6.09. The van der Waals surface area contributed by atoms with Crippen molar-refractivity contribution in [2.75, 3.05) is 50.5 Å². The number of hydrogen-bond acceptors (Lipinski definition) is 9. The van der Waals surface area contributed by atoms with E-state index in [0.717, 1.165) is 44.5 Å². The molecular formula is C26H32F2N8O. The molecule has 0 saturated carbocycles. The van der Waals surface area contributed by atoms with Crippen molar-refractivity contribution in [1.82, 2.24) is 30.2 Å². The molecule has 6 heterocycles. The molecule has 6 rings (SSSR count). The summed E-state index contributed by atoms with van der Waals surface area (Å²) >= 11 is 0. The lowest BCUT2D eigenvalue weighted by atomic mass is 9.95. The first kappa shape index (κ1) is 24.2. The van der Waals surface area contributed by atoms with E-state index < -0.39 is 12.0 Å². The highest BCUT2D eigenvalue weighted by Gasteiger charge is 2.49. The summed E-state index contributed by atoms with van der Waals surface area (Å²) in [6.07, 6.45) is 3.98. The molecule has 11 heteroatoms. The van der Waals surface area contributed by atoms with Gasteiger partial charge in [0.1, 0.15) is 35.6 Å². The lowest BCUT2D eigenvalue weighted by Crippen LogP contribution is -2.43. The van der Waals surface area contributed by atoms with Gasteiger partial charge in [-0.3, -0.25) is 9.88 Å². The highest BCUT2D eigenvalue weighted by molar-refractivity contribution is 5.92. The van der Waals surface area contributed by atoms with Gasteiger partial charge in [-0.15, -0.1) is 0 Å². The van der Waals surface area contributed by atoms with Crippen molar-refractivity contribution >= 4 is 22.5 Å². The first-order valence-corrected chi connectivity index (χ1v) is 12.9. The zero-order valence-electron chi connectivity index (χ0n) is 21.2. The number of rotatable bonds is 6. The summed E-state index contributed by atoms with van der Waals surface area (Å²) in [4.78, 5) is 22.2. The number of pyridine rings is 2. The molecule has 0 unspecified atom stereocenters. The third-order valence-corrected chi connectivity index (χ3v) is 8.13. The van der Waals surface area contributed by atoms with E-state index in [9.17, 15) is 4.39 Å². The van der Waals surface area contributed by atoms with Crippen molar-refractivity contribution in [3.05, 3.63) is 29.7 Å². The number of nitrogens with two attached hydrogens (primary N) is 1. The maximum Gasteiger partial charge on any atom is 0.319 e. The van der Waals surface area contributed by atoms with Crippen LogP contribution in [0, 0.1) is 12.7 Å². The Kier molecular flexibility index (Phi) is 6.07. The molecule has 9 nitrogen and oxygen atoms in total. The molecule has 0 radical (unpaired) electrons. The number of ether oxygens (including phenoxy) is 1. The van der Waals surface area contributed by atoms with Crippen molar-refractivity contribution < 1.29 is 13.5 Å². The third kappa shape index (κ3) is 4.23. The van der Waals surface area contributed by atoms with Crippen LogP contribution in [-0.4, -0.2) is 82.4 Å². The Labute approximate surface area is 214 Å². The first-order chi connectivity index (χ1) is 17.8. The number of likely N-dealkylation sites (N-methyl/N-ethyl adjacent to an activating group) is 1. The first-order valence-electron chi connectivity index (χ1n) is 12.9. The van der Waals surface area contributed by atoms with Gasteiger partial charge < -0.3 is 20.7 Å². The zero-order valence-corrected chi connectivity index (χ0v) is 21.2. The lowest BCUT2D eigenvalue weighted by Gasteiger charge is -2.31. The molecule has 3 saturated heterocycles. The van der Waals surface area contributed by atoms with Crippen molar-refractivity contribution in [3.63, 3.8) is 0 Å². The summed E-state index contributed by atoms with van der Waals surface area (Å²) in [6, 6.07) is 3.73. The van der Waals surface area contributed by atoms with Crippen LogP contribution in [0.5, 0.6) is 6.01 Å². The number of nitrogen functional groups attached to an aromatic ring is 1. The van der Waals surface area contributed by atoms with Gasteiger partial charge in [-0.25, -0.2) is 13.8 Å². The van der Waals surface area contributed by atoms with E-state index >= 15 is 4.39 Å². The molecule has 3 N–H and O–H groups in total. The molecule has 0 amide bonds. The average Bonchev–Trinajstić information content (AvgIpc) is 3.61. The van der Waals surface area contributed by atoms with Gasteiger partial charge >= 0.3 is 6.01 Å². The number of fused-ring (bicyclic) bond motifs is 2. The SMILES string of the molecule is Cc1ccc(N)nc1-c1ncc2c(N(C)[C@@H]3CCNC3)nc(OC[C@@]34CCCN3C[C@H](F)C4)nc2c1F. The fraction of sp³-hybridized carbons (Fsp3) is 0.538. The molecular weight excluding hydrogens is 478 g/mol. The normalized spacial score (nSPS) is 25.6. The van der Waals surface area contributed by atoms with Crippen molar-refractivity contribution in [3.8, 4) is 17.4 Å². The fourth-order valence-electron chi connectivity index (χ4n) is 6.09. The van der Waals surface area contributed by atoms with Crippen LogP contribution in [0.15, 0.2) is 18.3 Å². The molecule has 0 aliphatic carbocycles. The summed E-state index contributed by atoms with van der Waals surface area (Å²) in [6.45, 7) is 5.10. The molecule has 0 spiro atoms. The van der Waals surface area contributed by atoms with E-state index in [0.29, 0.717) is 29.9 Å². The number of nitrogens with zero attached hydrogens (tertiary/aromatic N) is 6. The van der Waals surface area contributed by atoms with Crippen LogP contribution >= 0.6 is 0 Å². The maximum atomic E-state index is 16.1. The highest BCUT2D eigenvalue weighted by atomic mass is 19.1. The Hall–Kier alpha value is -3.18. The molecule has 37 heavy (non-hydrogen) atoms. The monoisotopic (exact) mass is 510 g/mol.